The second kappa shape index (κ2) is 14.6. The lowest BCUT2D eigenvalue weighted by atomic mass is 10.1. The predicted octanol–water partition coefficient (Wildman–Crippen LogP) is 6.14. The zero-order chi connectivity index (χ0) is 28.3. The van der Waals surface area contributed by atoms with E-state index in [-0.39, 0.29) is 23.5 Å². The van der Waals surface area contributed by atoms with Gasteiger partial charge in [0.05, 0.1) is 37.9 Å². The molecule has 8 nitrogen and oxygen atoms in total. The molecule has 0 saturated heterocycles. The van der Waals surface area contributed by atoms with Crippen LogP contribution in [-0.2, 0) is 20.7 Å². The normalized spacial score (nSPS) is 11.2. The molecule has 39 heavy (non-hydrogen) atoms. The quantitative estimate of drug-likeness (QED) is 0.0953. The summed E-state index contributed by atoms with van der Waals surface area (Å²) in [6.07, 6.45) is 4.45. The van der Waals surface area contributed by atoms with E-state index in [9.17, 15) is 13.2 Å². The molecule has 0 aromatic heterocycles. The van der Waals surface area contributed by atoms with Crippen molar-refractivity contribution < 1.29 is 36.3 Å². The second-order valence-electron chi connectivity index (χ2n) is 8.96. The molecule has 0 amide bonds. The van der Waals surface area contributed by atoms with Gasteiger partial charge in [-0.15, -0.1) is 0 Å². The summed E-state index contributed by atoms with van der Waals surface area (Å²) >= 11 is 0. The Kier molecular flexibility index (Phi) is 11.2. The molecule has 0 N–H and O–H groups in total. The zero-order valence-corrected chi connectivity index (χ0v) is 23.7. The number of carbonyl (C=O) groups excluding carboxylic acids is 1. The van der Waals surface area contributed by atoms with Crippen LogP contribution in [0.5, 0.6) is 23.0 Å². The fourth-order valence-corrected chi connectivity index (χ4v) is 4.75. The number of para-hydroxylation sites is 1. The Morgan fingerprint density at radius 3 is 2.13 bits per heavy atom. The monoisotopic (exact) mass is 556 g/mol. The molecule has 0 aliphatic carbocycles. The van der Waals surface area contributed by atoms with Crippen LogP contribution in [-0.4, -0.2) is 41.8 Å². The first-order valence-electron chi connectivity index (χ1n) is 12.9. The molecule has 0 fully saturated rings. The van der Waals surface area contributed by atoms with Crippen LogP contribution in [0.3, 0.4) is 0 Å². The summed E-state index contributed by atoms with van der Waals surface area (Å²) in [6, 6.07) is 16.4. The first kappa shape index (κ1) is 30.0. The SMILES string of the molecule is CCCCCCOc1c(OC)cc(C(=O)Oc2ccccc2CCOS(=O)(=O)c2ccc(C)cc2)cc1OC. The number of aryl methyl sites for hydroxylation is 1. The van der Waals surface area contributed by atoms with E-state index in [1.807, 2.05) is 6.92 Å². The molecule has 9 heteroatoms. The van der Waals surface area contributed by atoms with E-state index in [1.165, 1.54) is 26.4 Å². The Morgan fingerprint density at radius 1 is 0.821 bits per heavy atom. The first-order valence-corrected chi connectivity index (χ1v) is 14.3. The molecule has 0 atom stereocenters. The maximum Gasteiger partial charge on any atom is 0.343 e. The summed E-state index contributed by atoms with van der Waals surface area (Å²) in [4.78, 5) is 13.2. The molecular formula is C30H36O8S. The summed E-state index contributed by atoms with van der Waals surface area (Å²) in [7, 11) is -0.917. The van der Waals surface area contributed by atoms with Gasteiger partial charge in [0.1, 0.15) is 5.75 Å². The number of esters is 1. The molecule has 0 radical (unpaired) electrons. The van der Waals surface area contributed by atoms with Gasteiger partial charge < -0.3 is 18.9 Å². The number of unbranched alkanes of at least 4 members (excludes halogenated alkanes) is 3. The molecule has 0 bridgehead atoms. The van der Waals surface area contributed by atoms with Crippen LogP contribution in [0.4, 0.5) is 0 Å². The third-order valence-electron chi connectivity index (χ3n) is 6.04. The molecule has 0 saturated carbocycles. The fourth-order valence-electron chi connectivity index (χ4n) is 3.85. The Labute approximate surface area is 230 Å². The third-order valence-corrected chi connectivity index (χ3v) is 7.36. The number of carbonyl (C=O) groups is 1. The number of rotatable bonds is 15. The molecule has 210 valence electrons. The van der Waals surface area contributed by atoms with E-state index in [2.05, 4.69) is 6.92 Å². The second-order valence-corrected chi connectivity index (χ2v) is 10.6. The Hall–Kier alpha value is -3.56. The van der Waals surface area contributed by atoms with E-state index < -0.39 is 16.1 Å². The molecule has 3 aromatic carbocycles. The summed E-state index contributed by atoms with van der Waals surface area (Å²) in [6.45, 7) is 4.41. The van der Waals surface area contributed by atoms with Crippen molar-refractivity contribution in [3.8, 4) is 23.0 Å². The lowest BCUT2D eigenvalue weighted by Crippen LogP contribution is -2.13. The highest BCUT2D eigenvalue weighted by Gasteiger charge is 2.20. The molecule has 0 spiro atoms. The van der Waals surface area contributed by atoms with Crippen molar-refractivity contribution in [1.82, 2.24) is 0 Å². The number of hydrogen-bond donors (Lipinski definition) is 0. The minimum absolute atomic E-state index is 0.0871. The molecule has 0 aliphatic heterocycles. The molecule has 3 aromatic rings. The predicted molar refractivity (Wildman–Crippen MR) is 149 cm³/mol. The molecular weight excluding hydrogens is 520 g/mol. The zero-order valence-electron chi connectivity index (χ0n) is 22.9. The van der Waals surface area contributed by atoms with Crippen LogP contribution < -0.4 is 18.9 Å². The van der Waals surface area contributed by atoms with Crippen LogP contribution in [0.25, 0.3) is 0 Å². The van der Waals surface area contributed by atoms with Gasteiger partial charge in [-0.05, 0) is 49.2 Å². The minimum atomic E-state index is -3.90. The van der Waals surface area contributed by atoms with Crippen LogP contribution in [0.1, 0.15) is 54.1 Å². The summed E-state index contributed by atoms with van der Waals surface area (Å²) < 4.78 is 52.8. The Bertz CT molecular complexity index is 1310. The van der Waals surface area contributed by atoms with E-state index in [4.69, 9.17) is 23.1 Å². The van der Waals surface area contributed by atoms with Crippen molar-refractivity contribution >= 4 is 16.1 Å². The fraction of sp³-hybridized carbons (Fsp3) is 0.367. The molecule has 3 rings (SSSR count). The van der Waals surface area contributed by atoms with Gasteiger partial charge in [0, 0.05) is 6.42 Å². The molecule has 0 unspecified atom stereocenters. The van der Waals surface area contributed by atoms with E-state index in [0.29, 0.717) is 35.2 Å². The van der Waals surface area contributed by atoms with Crippen molar-refractivity contribution in [2.24, 2.45) is 0 Å². The van der Waals surface area contributed by atoms with Gasteiger partial charge in [-0.3, -0.25) is 4.18 Å². The Morgan fingerprint density at radius 2 is 1.49 bits per heavy atom. The first-order chi connectivity index (χ1) is 18.8. The van der Waals surface area contributed by atoms with E-state index >= 15 is 0 Å². The van der Waals surface area contributed by atoms with Gasteiger partial charge in [0.15, 0.2) is 11.5 Å². The van der Waals surface area contributed by atoms with Crippen molar-refractivity contribution in [3.63, 3.8) is 0 Å². The topological polar surface area (TPSA) is 97.4 Å². The minimum Gasteiger partial charge on any atom is -0.493 e. The van der Waals surface area contributed by atoms with Crippen LogP contribution in [0.2, 0.25) is 0 Å². The van der Waals surface area contributed by atoms with Crippen LogP contribution in [0, 0.1) is 6.92 Å². The molecule has 0 aliphatic rings. The number of ether oxygens (including phenoxy) is 4. The highest BCUT2D eigenvalue weighted by Crippen LogP contribution is 2.39. The lowest BCUT2D eigenvalue weighted by molar-refractivity contribution is 0.0731. The van der Waals surface area contributed by atoms with Gasteiger partial charge in [-0.2, -0.15) is 8.42 Å². The van der Waals surface area contributed by atoms with Crippen molar-refractivity contribution in [3.05, 3.63) is 77.4 Å². The Balaban J connectivity index is 1.69. The van der Waals surface area contributed by atoms with Gasteiger partial charge in [-0.25, -0.2) is 4.79 Å². The maximum absolute atomic E-state index is 13.1. The van der Waals surface area contributed by atoms with Crippen LogP contribution in [0.15, 0.2) is 65.6 Å². The largest absolute Gasteiger partial charge is 0.493 e. The van der Waals surface area contributed by atoms with Crippen molar-refractivity contribution in [2.75, 3.05) is 27.4 Å². The number of hydrogen-bond acceptors (Lipinski definition) is 8. The van der Waals surface area contributed by atoms with E-state index in [0.717, 1.165) is 31.2 Å². The third kappa shape index (κ3) is 8.46. The van der Waals surface area contributed by atoms with Gasteiger partial charge >= 0.3 is 5.97 Å². The highest BCUT2D eigenvalue weighted by atomic mass is 32.2. The van der Waals surface area contributed by atoms with Gasteiger partial charge in [0.2, 0.25) is 5.75 Å². The van der Waals surface area contributed by atoms with Crippen molar-refractivity contribution in [2.45, 2.75) is 50.8 Å². The average molecular weight is 557 g/mol. The smallest absolute Gasteiger partial charge is 0.343 e. The van der Waals surface area contributed by atoms with E-state index in [1.54, 1.807) is 48.5 Å². The number of methoxy groups -OCH3 is 2. The van der Waals surface area contributed by atoms with Gasteiger partial charge in [-0.1, -0.05) is 62.1 Å². The summed E-state index contributed by atoms with van der Waals surface area (Å²) in [5.74, 6) is 0.828. The maximum atomic E-state index is 13.1. The standard InChI is InChI=1S/C30H36O8S/c1-5-6-7-10-18-36-29-27(34-3)20-24(21-28(29)35-4)30(31)38-26-12-9-8-11-23(26)17-19-37-39(32,33)25-15-13-22(2)14-16-25/h8-9,11-16,20-21H,5-7,10,17-19H2,1-4H3. The average Bonchev–Trinajstić information content (AvgIpc) is 2.93. The van der Waals surface area contributed by atoms with Gasteiger partial charge in [0.25, 0.3) is 10.1 Å². The summed E-state index contributed by atoms with van der Waals surface area (Å²) in [5, 5.41) is 0. The van der Waals surface area contributed by atoms with Crippen molar-refractivity contribution in [1.29, 1.82) is 0 Å². The molecule has 0 heterocycles. The lowest BCUT2D eigenvalue weighted by Gasteiger charge is -2.16. The highest BCUT2D eigenvalue weighted by molar-refractivity contribution is 7.86. The van der Waals surface area contributed by atoms with Crippen LogP contribution >= 0.6 is 0 Å². The summed E-state index contributed by atoms with van der Waals surface area (Å²) in [5.41, 5.74) is 1.79. The number of benzene rings is 3.